The summed E-state index contributed by atoms with van der Waals surface area (Å²) in [6.45, 7) is 11.2. The van der Waals surface area contributed by atoms with Gasteiger partial charge in [0, 0.05) is 41.8 Å². The Bertz CT molecular complexity index is 605. The summed E-state index contributed by atoms with van der Waals surface area (Å²) in [5, 5.41) is 10.4. The van der Waals surface area contributed by atoms with E-state index < -0.39 is 0 Å². The fourth-order valence-corrected chi connectivity index (χ4v) is 4.15. The van der Waals surface area contributed by atoms with Gasteiger partial charge in [-0.05, 0) is 64.1 Å². The van der Waals surface area contributed by atoms with Crippen LogP contribution in [0.1, 0.15) is 56.1 Å². The van der Waals surface area contributed by atoms with Crippen LogP contribution >= 0.6 is 11.3 Å². The molecule has 5 heteroatoms. The van der Waals surface area contributed by atoms with E-state index in [1.165, 1.54) is 36.4 Å². The van der Waals surface area contributed by atoms with Crippen LogP contribution < -0.4 is 5.32 Å². The molecular formula is C19H30N4S. The van der Waals surface area contributed by atoms with Gasteiger partial charge in [0.1, 0.15) is 0 Å². The number of likely N-dealkylation sites (tertiary alicyclic amines) is 1. The normalized spacial score (nSPS) is 20.6. The van der Waals surface area contributed by atoms with E-state index >= 15 is 0 Å². The summed E-state index contributed by atoms with van der Waals surface area (Å²) in [6, 6.07) is 5.20. The van der Waals surface area contributed by atoms with Crippen molar-refractivity contribution < 1.29 is 0 Å². The second-order valence-electron chi connectivity index (χ2n) is 7.30. The number of aromatic nitrogens is 2. The van der Waals surface area contributed by atoms with Crippen molar-refractivity contribution in [3.8, 4) is 0 Å². The molecular weight excluding hydrogens is 316 g/mol. The van der Waals surface area contributed by atoms with Crippen LogP contribution in [0.5, 0.6) is 0 Å². The van der Waals surface area contributed by atoms with Gasteiger partial charge in [0.2, 0.25) is 0 Å². The van der Waals surface area contributed by atoms with Gasteiger partial charge in [-0.3, -0.25) is 9.58 Å². The Balaban J connectivity index is 1.46. The first kappa shape index (κ1) is 17.6. The summed E-state index contributed by atoms with van der Waals surface area (Å²) >= 11 is 1.87. The molecule has 1 N–H and O–H groups in total. The number of nitrogens with one attached hydrogen (secondary N) is 1. The van der Waals surface area contributed by atoms with Crippen molar-refractivity contribution in [1.82, 2.24) is 20.0 Å². The molecule has 2 aromatic heterocycles. The lowest BCUT2D eigenvalue weighted by molar-refractivity contribution is 0.164. The lowest BCUT2D eigenvalue weighted by atomic mass is 9.97. The second-order valence-corrected chi connectivity index (χ2v) is 8.33. The molecule has 0 radical (unpaired) electrons. The number of rotatable bonds is 7. The van der Waals surface area contributed by atoms with Crippen LogP contribution in [-0.4, -0.2) is 34.3 Å². The Labute approximate surface area is 149 Å². The molecule has 3 rings (SSSR count). The maximum atomic E-state index is 4.45. The quantitative estimate of drug-likeness (QED) is 0.820. The fraction of sp³-hybridized carbons (Fsp3) is 0.632. The number of hydrogen-bond donors (Lipinski definition) is 1. The number of thiophene rings is 1. The molecule has 3 heterocycles. The van der Waals surface area contributed by atoms with E-state index in [1.54, 1.807) is 0 Å². The third-order valence-electron chi connectivity index (χ3n) is 4.93. The van der Waals surface area contributed by atoms with Crippen molar-refractivity contribution in [1.29, 1.82) is 0 Å². The predicted molar refractivity (Wildman–Crippen MR) is 101 cm³/mol. The number of piperidine rings is 1. The van der Waals surface area contributed by atoms with Crippen molar-refractivity contribution in [2.24, 2.45) is 5.92 Å². The molecule has 132 valence electrons. The van der Waals surface area contributed by atoms with Gasteiger partial charge < -0.3 is 5.32 Å². The molecule has 0 spiro atoms. The molecule has 0 saturated carbocycles. The Kier molecular flexibility index (Phi) is 6.09. The van der Waals surface area contributed by atoms with Crippen LogP contribution in [0.2, 0.25) is 0 Å². The van der Waals surface area contributed by atoms with Gasteiger partial charge in [-0.1, -0.05) is 6.07 Å². The lowest BCUT2D eigenvalue weighted by Gasteiger charge is -2.33. The molecule has 0 aromatic carbocycles. The maximum absolute atomic E-state index is 4.45. The molecule has 0 aliphatic carbocycles. The highest BCUT2D eigenvalue weighted by Crippen LogP contribution is 2.21. The molecule has 2 atom stereocenters. The maximum Gasteiger partial charge on any atom is 0.0537 e. The SMILES string of the molecule is CC(C)n1cc([C@@H](C)NC[C@@H]2CCCN(Cc3cccs3)C2)cn1. The summed E-state index contributed by atoms with van der Waals surface area (Å²) in [5.74, 6) is 0.751. The highest BCUT2D eigenvalue weighted by molar-refractivity contribution is 7.09. The van der Waals surface area contributed by atoms with Crippen LogP contribution in [0.25, 0.3) is 0 Å². The Morgan fingerprint density at radius 3 is 2.96 bits per heavy atom. The van der Waals surface area contributed by atoms with E-state index in [-0.39, 0.29) is 0 Å². The van der Waals surface area contributed by atoms with E-state index in [2.05, 4.69) is 59.8 Å². The standard InChI is InChI=1S/C19H30N4S/c1-15(2)23-13-18(11-21-23)16(3)20-10-17-6-4-8-22(12-17)14-19-7-5-9-24-19/h5,7,9,11,13,15-17,20H,4,6,8,10,12,14H2,1-3H3/t16-,17+/m1/s1. The first-order valence-electron chi connectivity index (χ1n) is 9.14. The minimum absolute atomic E-state index is 0.366. The van der Waals surface area contributed by atoms with Gasteiger partial charge in [0.15, 0.2) is 0 Å². The van der Waals surface area contributed by atoms with Crippen LogP contribution in [0.3, 0.4) is 0 Å². The molecule has 1 aliphatic rings. The molecule has 1 saturated heterocycles. The van der Waals surface area contributed by atoms with Gasteiger partial charge in [-0.2, -0.15) is 5.10 Å². The zero-order valence-corrected chi connectivity index (χ0v) is 15.9. The van der Waals surface area contributed by atoms with E-state index in [1.807, 2.05) is 22.2 Å². The van der Waals surface area contributed by atoms with Gasteiger partial charge in [-0.25, -0.2) is 0 Å². The first-order valence-corrected chi connectivity index (χ1v) is 10.0. The first-order chi connectivity index (χ1) is 11.6. The Morgan fingerprint density at radius 1 is 1.38 bits per heavy atom. The zero-order valence-electron chi connectivity index (χ0n) is 15.1. The van der Waals surface area contributed by atoms with Crippen molar-refractivity contribution in [3.05, 3.63) is 40.3 Å². The van der Waals surface area contributed by atoms with Crippen molar-refractivity contribution in [2.45, 2.75) is 52.2 Å². The predicted octanol–water partition coefficient (Wildman–Crippen LogP) is 4.09. The molecule has 1 fully saturated rings. The number of nitrogens with zero attached hydrogens (tertiary/aromatic N) is 3. The fourth-order valence-electron chi connectivity index (χ4n) is 3.40. The third-order valence-corrected chi connectivity index (χ3v) is 5.79. The highest BCUT2D eigenvalue weighted by Gasteiger charge is 2.21. The molecule has 24 heavy (non-hydrogen) atoms. The van der Waals surface area contributed by atoms with E-state index in [0.717, 1.165) is 19.0 Å². The molecule has 1 aliphatic heterocycles. The summed E-state index contributed by atoms with van der Waals surface area (Å²) < 4.78 is 2.04. The van der Waals surface area contributed by atoms with Crippen LogP contribution in [0.15, 0.2) is 29.9 Å². The zero-order chi connectivity index (χ0) is 16.9. The van der Waals surface area contributed by atoms with Crippen LogP contribution in [-0.2, 0) is 6.54 Å². The van der Waals surface area contributed by atoms with Crippen molar-refractivity contribution in [3.63, 3.8) is 0 Å². The topological polar surface area (TPSA) is 33.1 Å². The van der Waals surface area contributed by atoms with Crippen molar-refractivity contribution in [2.75, 3.05) is 19.6 Å². The monoisotopic (exact) mass is 346 g/mol. The smallest absolute Gasteiger partial charge is 0.0537 e. The molecule has 0 amide bonds. The minimum Gasteiger partial charge on any atom is -0.310 e. The average Bonchev–Trinajstić information content (AvgIpc) is 3.24. The molecule has 0 bridgehead atoms. The van der Waals surface area contributed by atoms with E-state index in [0.29, 0.717) is 12.1 Å². The summed E-state index contributed by atoms with van der Waals surface area (Å²) in [6.07, 6.45) is 6.83. The van der Waals surface area contributed by atoms with Gasteiger partial charge in [0.05, 0.1) is 6.20 Å². The van der Waals surface area contributed by atoms with E-state index in [4.69, 9.17) is 0 Å². The third kappa shape index (κ3) is 4.68. The average molecular weight is 347 g/mol. The lowest BCUT2D eigenvalue weighted by Crippen LogP contribution is -2.39. The van der Waals surface area contributed by atoms with Crippen LogP contribution in [0.4, 0.5) is 0 Å². The Hall–Kier alpha value is -1.17. The van der Waals surface area contributed by atoms with Crippen molar-refractivity contribution >= 4 is 11.3 Å². The van der Waals surface area contributed by atoms with Gasteiger partial charge in [0.25, 0.3) is 0 Å². The molecule has 2 aromatic rings. The summed E-state index contributed by atoms with van der Waals surface area (Å²) in [4.78, 5) is 4.10. The van der Waals surface area contributed by atoms with Gasteiger partial charge >= 0.3 is 0 Å². The number of hydrogen-bond acceptors (Lipinski definition) is 4. The Morgan fingerprint density at radius 2 is 2.25 bits per heavy atom. The summed E-state index contributed by atoms with van der Waals surface area (Å²) in [7, 11) is 0. The largest absolute Gasteiger partial charge is 0.310 e. The highest BCUT2D eigenvalue weighted by atomic mass is 32.1. The molecule has 0 unspecified atom stereocenters. The van der Waals surface area contributed by atoms with Gasteiger partial charge in [-0.15, -0.1) is 11.3 Å². The summed E-state index contributed by atoms with van der Waals surface area (Å²) in [5.41, 5.74) is 1.29. The molecule has 4 nitrogen and oxygen atoms in total. The van der Waals surface area contributed by atoms with Crippen LogP contribution in [0, 0.1) is 5.92 Å². The van der Waals surface area contributed by atoms with E-state index in [9.17, 15) is 0 Å². The minimum atomic E-state index is 0.366. The second kappa shape index (κ2) is 8.28.